The Balaban J connectivity index is 3.05. The van der Waals surface area contributed by atoms with Crippen molar-refractivity contribution in [2.24, 2.45) is 5.73 Å². The minimum absolute atomic E-state index is 0.137. The molecule has 0 radical (unpaired) electrons. The van der Waals surface area contributed by atoms with Gasteiger partial charge in [0.2, 0.25) is 0 Å². The lowest BCUT2D eigenvalue weighted by Crippen LogP contribution is -2.49. The number of carbonyl (C=O) groups is 1. The number of benzene rings is 1. The Hall–Kier alpha value is -1.46. The van der Waals surface area contributed by atoms with Crippen LogP contribution in [0.1, 0.15) is 26.7 Å². The van der Waals surface area contributed by atoms with Crippen molar-refractivity contribution in [1.29, 1.82) is 0 Å². The van der Waals surface area contributed by atoms with Gasteiger partial charge in [-0.25, -0.2) is 4.39 Å². The number of halogens is 1. The molecule has 1 unspecified atom stereocenters. The van der Waals surface area contributed by atoms with Crippen LogP contribution in [-0.2, 0) is 9.53 Å². The molecule has 0 aliphatic carbocycles. The first-order chi connectivity index (χ1) is 9.48. The van der Waals surface area contributed by atoms with Gasteiger partial charge in [-0.05, 0) is 50.6 Å². The van der Waals surface area contributed by atoms with Gasteiger partial charge in [0.1, 0.15) is 11.4 Å². The smallest absolute Gasteiger partial charge is 0.258 e. The van der Waals surface area contributed by atoms with Crippen LogP contribution in [0.15, 0.2) is 24.3 Å². The van der Waals surface area contributed by atoms with Crippen LogP contribution in [0.5, 0.6) is 0 Å². The molecule has 4 nitrogen and oxygen atoms in total. The number of nitrogens with zero attached hydrogens (tertiary/aromatic N) is 1. The molecule has 1 amide bonds. The van der Waals surface area contributed by atoms with E-state index in [4.69, 9.17) is 10.5 Å². The summed E-state index contributed by atoms with van der Waals surface area (Å²) in [5.74, 6) is -0.465. The summed E-state index contributed by atoms with van der Waals surface area (Å²) >= 11 is 0. The van der Waals surface area contributed by atoms with Crippen LogP contribution in [0.2, 0.25) is 0 Å². The lowest BCUT2D eigenvalue weighted by molar-refractivity contribution is -0.138. The van der Waals surface area contributed by atoms with Crippen LogP contribution in [0, 0.1) is 5.82 Å². The van der Waals surface area contributed by atoms with E-state index in [1.165, 1.54) is 19.2 Å². The van der Waals surface area contributed by atoms with E-state index in [1.807, 2.05) is 6.92 Å². The lowest BCUT2D eigenvalue weighted by atomic mass is 10.0. The maximum Gasteiger partial charge on any atom is 0.258 e. The predicted octanol–water partition coefficient (Wildman–Crippen LogP) is 2.32. The summed E-state index contributed by atoms with van der Waals surface area (Å²) in [6, 6.07) is 5.87. The van der Waals surface area contributed by atoms with E-state index < -0.39 is 5.60 Å². The van der Waals surface area contributed by atoms with Gasteiger partial charge < -0.3 is 15.4 Å². The second-order valence-electron chi connectivity index (χ2n) is 4.86. The van der Waals surface area contributed by atoms with Crippen LogP contribution in [0.4, 0.5) is 10.1 Å². The maximum absolute atomic E-state index is 13.0. The van der Waals surface area contributed by atoms with Gasteiger partial charge >= 0.3 is 0 Å². The predicted molar refractivity (Wildman–Crippen MR) is 78.1 cm³/mol. The van der Waals surface area contributed by atoms with Gasteiger partial charge in [-0.2, -0.15) is 0 Å². The van der Waals surface area contributed by atoms with E-state index in [-0.39, 0.29) is 11.7 Å². The first-order valence-electron chi connectivity index (χ1n) is 6.81. The topological polar surface area (TPSA) is 55.6 Å². The quantitative estimate of drug-likeness (QED) is 0.835. The fourth-order valence-electron chi connectivity index (χ4n) is 1.89. The van der Waals surface area contributed by atoms with Gasteiger partial charge in [0, 0.05) is 19.3 Å². The number of carbonyl (C=O) groups excluding carboxylic acids is 1. The Kier molecular flexibility index (Phi) is 6.10. The van der Waals surface area contributed by atoms with Gasteiger partial charge in [0.25, 0.3) is 5.91 Å². The number of amides is 1. The molecular weight excluding hydrogens is 259 g/mol. The monoisotopic (exact) mass is 282 g/mol. The molecule has 0 aliphatic heterocycles. The molecule has 2 N–H and O–H groups in total. The average molecular weight is 282 g/mol. The highest BCUT2D eigenvalue weighted by molar-refractivity contribution is 5.99. The molecule has 1 atom stereocenters. The summed E-state index contributed by atoms with van der Waals surface area (Å²) in [5, 5.41) is 0. The molecule has 0 spiro atoms. The molecule has 112 valence electrons. The zero-order valence-corrected chi connectivity index (χ0v) is 12.4. The van der Waals surface area contributed by atoms with E-state index >= 15 is 0 Å². The summed E-state index contributed by atoms with van der Waals surface area (Å²) in [6.45, 7) is 4.63. The third-order valence-electron chi connectivity index (χ3n) is 3.55. The van der Waals surface area contributed by atoms with Gasteiger partial charge in [-0.15, -0.1) is 0 Å². The molecule has 1 aromatic rings. The highest BCUT2D eigenvalue weighted by Gasteiger charge is 2.35. The van der Waals surface area contributed by atoms with Crippen molar-refractivity contribution in [2.75, 3.05) is 25.1 Å². The number of hydrogen-bond acceptors (Lipinski definition) is 3. The molecule has 0 heterocycles. The van der Waals surface area contributed by atoms with E-state index in [1.54, 1.807) is 24.0 Å². The lowest BCUT2D eigenvalue weighted by Gasteiger charge is -2.33. The number of rotatable bonds is 7. The summed E-state index contributed by atoms with van der Waals surface area (Å²) in [5.41, 5.74) is 5.29. The van der Waals surface area contributed by atoms with Crippen molar-refractivity contribution < 1.29 is 13.9 Å². The van der Waals surface area contributed by atoms with Crippen molar-refractivity contribution in [2.45, 2.75) is 32.3 Å². The number of ether oxygens (including phenoxy) is 1. The molecule has 0 saturated carbocycles. The molecule has 20 heavy (non-hydrogen) atoms. The van der Waals surface area contributed by atoms with E-state index in [2.05, 4.69) is 0 Å². The molecule has 0 aliphatic rings. The van der Waals surface area contributed by atoms with Gasteiger partial charge in [0.15, 0.2) is 0 Å². The minimum atomic E-state index is -0.886. The van der Waals surface area contributed by atoms with Crippen LogP contribution in [0.25, 0.3) is 0 Å². The van der Waals surface area contributed by atoms with Crippen molar-refractivity contribution >= 4 is 11.6 Å². The Morgan fingerprint density at radius 3 is 2.45 bits per heavy atom. The second-order valence-corrected chi connectivity index (χ2v) is 4.86. The molecule has 0 saturated heterocycles. The van der Waals surface area contributed by atoms with Gasteiger partial charge in [0.05, 0.1) is 0 Å². The van der Waals surface area contributed by atoms with Crippen LogP contribution in [0.3, 0.4) is 0 Å². The molecule has 0 bridgehead atoms. The van der Waals surface area contributed by atoms with Crippen molar-refractivity contribution in [1.82, 2.24) is 0 Å². The van der Waals surface area contributed by atoms with E-state index in [0.29, 0.717) is 31.6 Å². The Bertz CT molecular complexity index is 430. The Labute approximate surface area is 119 Å². The van der Waals surface area contributed by atoms with Gasteiger partial charge in [-0.3, -0.25) is 4.79 Å². The summed E-state index contributed by atoms with van der Waals surface area (Å²) in [7, 11) is 1.52. The summed E-state index contributed by atoms with van der Waals surface area (Å²) < 4.78 is 18.4. The van der Waals surface area contributed by atoms with Crippen LogP contribution < -0.4 is 10.6 Å². The number of nitrogens with two attached hydrogens (primary N) is 1. The highest BCUT2D eigenvalue weighted by atomic mass is 19.1. The first kappa shape index (κ1) is 16.6. The maximum atomic E-state index is 13.0. The zero-order valence-electron chi connectivity index (χ0n) is 12.4. The summed E-state index contributed by atoms with van der Waals surface area (Å²) in [4.78, 5) is 14.3. The molecule has 1 aromatic carbocycles. The normalized spacial score (nSPS) is 13.8. The molecule has 0 aromatic heterocycles. The van der Waals surface area contributed by atoms with E-state index in [9.17, 15) is 9.18 Å². The number of anilines is 1. The third-order valence-corrected chi connectivity index (χ3v) is 3.55. The molecule has 5 heteroatoms. The van der Waals surface area contributed by atoms with Crippen molar-refractivity contribution in [3.8, 4) is 0 Å². The van der Waals surface area contributed by atoms with Crippen LogP contribution >= 0.6 is 0 Å². The van der Waals surface area contributed by atoms with Crippen molar-refractivity contribution in [3.63, 3.8) is 0 Å². The number of hydrogen-bond donors (Lipinski definition) is 1. The minimum Gasteiger partial charge on any atom is -0.369 e. The average Bonchev–Trinajstić information content (AvgIpc) is 2.48. The standard InChI is InChI=1S/C15H23FN2O2/c1-4-15(2,20-3)14(19)18(11-5-10-17)13-8-6-12(16)7-9-13/h6-9H,4-5,10-11,17H2,1-3H3. The summed E-state index contributed by atoms with van der Waals surface area (Å²) in [6.07, 6.45) is 1.23. The molecule has 1 rings (SSSR count). The fourth-order valence-corrected chi connectivity index (χ4v) is 1.89. The highest BCUT2D eigenvalue weighted by Crippen LogP contribution is 2.23. The SMILES string of the molecule is CCC(C)(OC)C(=O)N(CCCN)c1ccc(F)cc1. The number of methoxy groups -OCH3 is 1. The Morgan fingerprint density at radius 1 is 1.40 bits per heavy atom. The Morgan fingerprint density at radius 2 is 2.00 bits per heavy atom. The second kappa shape index (κ2) is 7.36. The van der Waals surface area contributed by atoms with Crippen LogP contribution in [-0.4, -0.2) is 31.7 Å². The molecular formula is C15H23FN2O2. The largest absolute Gasteiger partial charge is 0.369 e. The third kappa shape index (κ3) is 3.77. The van der Waals surface area contributed by atoms with E-state index in [0.717, 1.165) is 0 Å². The zero-order chi connectivity index (χ0) is 15.2. The van der Waals surface area contributed by atoms with Gasteiger partial charge in [-0.1, -0.05) is 6.92 Å². The van der Waals surface area contributed by atoms with Crippen molar-refractivity contribution in [3.05, 3.63) is 30.1 Å². The first-order valence-corrected chi connectivity index (χ1v) is 6.81. The molecule has 0 fully saturated rings. The fraction of sp³-hybridized carbons (Fsp3) is 0.533.